The first-order valence-corrected chi connectivity index (χ1v) is 6.70. The molecule has 1 N–H and O–H groups in total. The van der Waals surface area contributed by atoms with Gasteiger partial charge in [0.25, 0.3) is 5.91 Å². The third-order valence-corrected chi connectivity index (χ3v) is 3.33. The number of fused-ring (bicyclic) bond motifs is 1. The Balaban J connectivity index is 1.84. The van der Waals surface area contributed by atoms with Crippen molar-refractivity contribution < 1.29 is 13.9 Å². The number of hydrogen-bond acceptors (Lipinski definition) is 2. The molecule has 3 nitrogen and oxygen atoms in total. The molecule has 106 valence electrons. The van der Waals surface area contributed by atoms with Crippen molar-refractivity contribution in [3.05, 3.63) is 64.4 Å². The van der Waals surface area contributed by atoms with Gasteiger partial charge in [-0.3, -0.25) is 4.79 Å². The summed E-state index contributed by atoms with van der Waals surface area (Å²) in [5.41, 5.74) is 1.28. The molecule has 1 amide bonds. The van der Waals surface area contributed by atoms with Crippen molar-refractivity contribution in [2.45, 2.75) is 0 Å². The number of benzene rings is 2. The van der Waals surface area contributed by atoms with E-state index in [0.29, 0.717) is 16.3 Å². The molecule has 0 saturated carbocycles. The molecule has 21 heavy (non-hydrogen) atoms. The molecule has 1 aliphatic rings. The number of anilines is 1. The van der Waals surface area contributed by atoms with Crippen LogP contribution in [-0.2, 0) is 4.79 Å². The highest BCUT2D eigenvalue weighted by molar-refractivity contribution is 6.30. The molecule has 0 spiro atoms. The quantitative estimate of drug-likeness (QED) is 0.914. The summed E-state index contributed by atoms with van der Waals surface area (Å²) in [6.45, 7) is 0.134. The highest BCUT2D eigenvalue weighted by Gasteiger charge is 2.18. The van der Waals surface area contributed by atoms with Crippen LogP contribution in [-0.4, -0.2) is 12.5 Å². The molecule has 0 radical (unpaired) electrons. The average Bonchev–Trinajstić information content (AvgIpc) is 2.48. The number of rotatable bonds is 2. The van der Waals surface area contributed by atoms with Gasteiger partial charge in [0.05, 0.1) is 11.3 Å². The number of halogens is 2. The van der Waals surface area contributed by atoms with Crippen molar-refractivity contribution in [3.8, 4) is 5.75 Å². The monoisotopic (exact) mass is 303 g/mol. The summed E-state index contributed by atoms with van der Waals surface area (Å²) in [5.74, 6) is -0.209. The predicted octanol–water partition coefficient (Wildman–Crippen LogP) is 3.89. The molecule has 1 heterocycles. The molecule has 5 heteroatoms. The molecule has 3 rings (SSSR count). The number of carbonyl (C=O) groups excluding carboxylic acids is 1. The fraction of sp³-hybridized carbons (Fsp3) is 0.0625. The largest absolute Gasteiger partial charge is 0.488 e. The smallest absolute Gasteiger partial charge is 0.255 e. The number of carbonyl (C=O) groups is 1. The van der Waals surface area contributed by atoms with Gasteiger partial charge in [-0.1, -0.05) is 23.7 Å². The van der Waals surface area contributed by atoms with Crippen LogP contribution >= 0.6 is 11.6 Å². The Bertz CT molecular complexity index is 743. The van der Waals surface area contributed by atoms with E-state index in [1.165, 1.54) is 12.1 Å². The average molecular weight is 304 g/mol. The van der Waals surface area contributed by atoms with E-state index in [0.717, 1.165) is 5.56 Å². The van der Waals surface area contributed by atoms with Gasteiger partial charge >= 0.3 is 0 Å². The van der Waals surface area contributed by atoms with Crippen LogP contribution in [0.15, 0.2) is 48.0 Å². The minimum atomic E-state index is -0.480. The summed E-state index contributed by atoms with van der Waals surface area (Å²) in [6.07, 6.45) is 1.70. The van der Waals surface area contributed by atoms with Crippen LogP contribution in [0.5, 0.6) is 5.75 Å². The first-order chi connectivity index (χ1) is 10.1. The van der Waals surface area contributed by atoms with Gasteiger partial charge in [-0.2, -0.15) is 0 Å². The van der Waals surface area contributed by atoms with Gasteiger partial charge in [0, 0.05) is 10.6 Å². The summed E-state index contributed by atoms with van der Waals surface area (Å²) >= 11 is 5.92. The second-order valence-corrected chi connectivity index (χ2v) is 5.01. The van der Waals surface area contributed by atoms with Gasteiger partial charge in [-0.25, -0.2) is 4.39 Å². The van der Waals surface area contributed by atoms with E-state index in [4.69, 9.17) is 16.3 Å². The summed E-state index contributed by atoms with van der Waals surface area (Å²) in [4.78, 5) is 12.2. The van der Waals surface area contributed by atoms with Gasteiger partial charge in [0.1, 0.15) is 18.2 Å². The van der Waals surface area contributed by atoms with E-state index >= 15 is 0 Å². The lowest BCUT2D eigenvalue weighted by molar-refractivity contribution is -0.113. The lowest BCUT2D eigenvalue weighted by atomic mass is 10.1. The highest BCUT2D eigenvalue weighted by atomic mass is 35.5. The molecule has 0 saturated heterocycles. The third-order valence-electron chi connectivity index (χ3n) is 3.10. The third kappa shape index (κ3) is 2.90. The molecule has 0 unspecified atom stereocenters. The zero-order chi connectivity index (χ0) is 14.8. The zero-order valence-electron chi connectivity index (χ0n) is 10.9. The van der Waals surface area contributed by atoms with Crippen molar-refractivity contribution >= 4 is 29.3 Å². The number of hydrogen-bond donors (Lipinski definition) is 1. The van der Waals surface area contributed by atoms with Crippen LogP contribution in [0, 0.1) is 5.82 Å². The van der Waals surface area contributed by atoms with Crippen molar-refractivity contribution in [1.29, 1.82) is 0 Å². The van der Waals surface area contributed by atoms with Gasteiger partial charge < -0.3 is 10.1 Å². The van der Waals surface area contributed by atoms with E-state index in [2.05, 4.69) is 5.32 Å². The Kier molecular flexibility index (Phi) is 3.62. The molecular weight excluding hydrogens is 293 g/mol. The standard InChI is InChI=1S/C16H11ClFNO2/c17-12-5-6-15-10(8-12)7-11(9-21-15)16(20)19-14-4-2-1-3-13(14)18/h1-8H,9H2,(H,19,20). The number of para-hydroxylation sites is 1. The van der Waals surface area contributed by atoms with Crippen LogP contribution in [0.25, 0.3) is 6.08 Å². The van der Waals surface area contributed by atoms with Gasteiger partial charge in [0.2, 0.25) is 0 Å². The fourth-order valence-corrected chi connectivity index (χ4v) is 2.23. The fourth-order valence-electron chi connectivity index (χ4n) is 2.04. The summed E-state index contributed by atoms with van der Waals surface area (Å²) < 4.78 is 19.0. The van der Waals surface area contributed by atoms with E-state index in [9.17, 15) is 9.18 Å². The summed E-state index contributed by atoms with van der Waals surface area (Å²) in [7, 11) is 0. The lowest BCUT2D eigenvalue weighted by Crippen LogP contribution is -2.21. The van der Waals surface area contributed by atoms with E-state index in [1.54, 1.807) is 36.4 Å². The maximum Gasteiger partial charge on any atom is 0.255 e. The molecule has 0 bridgehead atoms. The van der Waals surface area contributed by atoms with Crippen LogP contribution in [0.4, 0.5) is 10.1 Å². The van der Waals surface area contributed by atoms with Gasteiger partial charge in [-0.15, -0.1) is 0 Å². The second kappa shape index (κ2) is 5.58. The topological polar surface area (TPSA) is 38.3 Å². The molecule has 2 aromatic carbocycles. The van der Waals surface area contributed by atoms with Crippen molar-refractivity contribution in [1.82, 2.24) is 0 Å². The minimum absolute atomic E-state index is 0.134. The molecule has 1 aliphatic heterocycles. The van der Waals surface area contributed by atoms with Crippen molar-refractivity contribution in [3.63, 3.8) is 0 Å². The first kappa shape index (κ1) is 13.6. The molecule has 0 atom stereocenters. The zero-order valence-corrected chi connectivity index (χ0v) is 11.7. The Hall–Kier alpha value is -2.33. The summed E-state index contributed by atoms with van der Waals surface area (Å²) in [5, 5.41) is 3.09. The molecule has 0 aliphatic carbocycles. The molecular formula is C16H11ClFNO2. The van der Waals surface area contributed by atoms with Crippen LogP contribution in [0.3, 0.4) is 0 Å². The Morgan fingerprint density at radius 3 is 2.86 bits per heavy atom. The minimum Gasteiger partial charge on any atom is -0.488 e. The normalized spacial score (nSPS) is 13.0. The highest BCUT2D eigenvalue weighted by Crippen LogP contribution is 2.29. The summed E-state index contributed by atoms with van der Waals surface area (Å²) in [6, 6.07) is 11.2. The Morgan fingerprint density at radius 2 is 2.05 bits per heavy atom. The van der Waals surface area contributed by atoms with Crippen molar-refractivity contribution in [2.24, 2.45) is 0 Å². The number of nitrogens with one attached hydrogen (secondary N) is 1. The lowest BCUT2D eigenvalue weighted by Gasteiger charge is -2.18. The second-order valence-electron chi connectivity index (χ2n) is 4.57. The molecule has 0 aromatic heterocycles. The van der Waals surface area contributed by atoms with Crippen LogP contribution in [0.1, 0.15) is 5.56 Å². The van der Waals surface area contributed by atoms with E-state index in [-0.39, 0.29) is 12.3 Å². The van der Waals surface area contributed by atoms with Crippen LogP contribution in [0.2, 0.25) is 5.02 Å². The van der Waals surface area contributed by atoms with Crippen LogP contribution < -0.4 is 10.1 Å². The van der Waals surface area contributed by atoms with Gasteiger partial charge in [-0.05, 0) is 36.4 Å². The van der Waals surface area contributed by atoms with E-state index < -0.39 is 11.7 Å². The number of ether oxygens (including phenoxy) is 1. The molecule has 0 fully saturated rings. The Labute approximate surface area is 126 Å². The SMILES string of the molecule is O=C(Nc1ccccc1F)C1=Cc2cc(Cl)ccc2OC1. The maximum absolute atomic E-state index is 13.5. The first-order valence-electron chi connectivity index (χ1n) is 6.32. The number of amides is 1. The predicted molar refractivity (Wildman–Crippen MR) is 80.0 cm³/mol. The van der Waals surface area contributed by atoms with E-state index in [1.807, 2.05) is 0 Å². The molecule has 2 aromatic rings. The van der Waals surface area contributed by atoms with Crippen molar-refractivity contribution in [2.75, 3.05) is 11.9 Å². The maximum atomic E-state index is 13.5. The Morgan fingerprint density at radius 1 is 1.24 bits per heavy atom. The van der Waals surface area contributed by atoms with Gasteiger partial charge in [0.15, 0.2) is 0 Å².